The first-order valence-corrected chi connectivity index (χ1v) is 9.48. The van der Waals surface area contributed by atoms with Gasteiger partial charge in [-0.3, -0.25) is 9.80 Å². The first-order valence-electron chi connectivity index (χ1n) is 8.53. The molecule has 22 heavy (non-hydrogen) atoms. The minimum Gasteiger partial charge on any atom is -0.379 e. The molecule has 3 saturated heterocycles. The van der Waals surface area contributed by atoms with Crippen molar-refractivity contribution in [2.24, 2.45) is 11.8 Å². The van der Waals surface area contributed by atoms with E-state index in [1.165, 1.54) is 25.1 Å². The number of hydrogen-bond acceptors (Lipinski definition) is 5. The molecule has 0 spiro atoms. The highest BCUT2D eigenvalue weighted by molar-refractivity contribution is 7.07. The highest BCUT2D eigenvalue weighted by atomic mass is 32.1. The van der Waals surface area contributed by atoms with Crippen LogP contribution in [0.15, 0.2) is 16.8 Å². The zero-order chi connectivity index (χ0) is 14.8. The molecule has 0 saturated carbocycles. The predicted octanol–water partition coefficient (Wildman–Crippen LogP) is 1.92. The highest BCUT2D eigenvalue weighted by Gasteiger charge is 2.41. The van der Waals surface area contributed by atoms with Crippen LogP contribution < -0.4 is 0 Å². The van der Waals surface area contributed by atoms with Gasteiger partial charge in [0, 0.05) is 38.6 Å². The zero-order valence-corrected chi connectivity index (χ0v) is 14.0. The van der Waals surface area contributed by atoms with Crippen molar-refractivity contribution < 1.29 is 9.47 Å². The number of ether oxygens (including phenoxy) is 2. The Labute approximate surface area is 137 Å². The SMILES string of the molecule is c1cc(CN2CC[C@@H]3CO[C@@H](CN4CCOCC4)[C@@H]3C2)cs1. The summed E-state index contributed by atoms with van der Waals surface area (Å²) in [5.41, 5.74) is 1.46. The van der Waals surface area contributed by atoms with Crippen molar-refractivity contribution in [3.05, 3.63) is 22.4 Å². The largest absolute Gasteiger partial charge is 0.379 e. The number of hydrogen-bond donors (Lipinski definition) is 0. The minimum absolute atomic E-state index is 0.424. The van der Waals surface area contributed by atoms with E-state index in [1.54, 1.807) is 11.3 Å². The molecule has 0 radical (unpaired) electrons. The molecular weight excluding hydrogens is 296 g/mol. The zero-order valence-electron chi connectivity index (χ0n) is 13.2. The standard InChI is InChI=1S/C17H26N2O2S/c1-3-19(9-14-2-8-22-13-14)10-16-15(1)12-21-17(16)11-18-4-6-20-7-5-18/h2,8,13,15-17H,1,3-7,9-12H2/t15-,16-,17+/m1/s1. The van der Waals surface area contributed by atoms with Crippen molar-refractivity contribution in [3.8, 4) is 0 Å². The van der Waals surface area contributed by atoms with Gasteiger partial charge in [0.2, 0.25) is 0 Å². The molecule has 1 aromatic rings. The monoisotopic (exact) mass is 322 g/mol. The number of fused-ring (bicyclic) bond motifs is 1. The van der Waals surface area contributed by atoms with E-state index in [4.69, 9.17) is 9.47 Å². The lowest BCUT2D eigenvalue weighted by Gasteiger charge is -2.37. The van der Waals surface area contributed by atoms with Gasteiger partial charge in [0.25, 0.3) is 0 Å². The van der Waals surface area contributed by atoms with Crippen molar-refractivity contribution in [2.45, 2.75) is 19.1 Å². The minimum atomic E-state index is 0.424. The molecule has 3 aliphatic heterocycles. The van der Waals surface area contributed by atoms with E-state index in [9.17, 15) is 0 Å². The Bertz CT molecular complexity index is 461. The van der Waals surface area contributed by atoms with Crippen molar-refractivity contribution in [3.63, 3.8) is 0 Å². The Morgan fingerprint density at radius 1 is 1.18 bits per heavy atom. The Balaban J connectivity index is 1.34. The number of piperidine rings is 1. The molecule has 0 unspecified atom stereocenters. The predicted molar refractivity (Wildman–Crippen MR) is 88.2 cm³/mol. The molecule has 0 amide bonds. The van der Waals surface area contributed by atoms with Crippen molar-refractivity contribution >= 4 is 11.3 Å². The van der Waals surface area contributed by atoms with Crippen LogP contribution in [0.1, 0.15) is 12.0 Å². The fraction of sp³-hybridized carbons (Fsp3) is 0.765. The number of rotatable bonds is 4. The second kappa shape index (κ2) is 6.97. The summed E-state index contributed by atoms with van der Waals surface area (Å²) in [4.78, 5) is 5.15. The van der Waals surface area contributed by atoms with Gasteiger partial charge in [-0.25, -0.2) is 0 Å². The van der Waals surface area contributed by atoms with Crippen LogP contribution in [0.5, 0.6) is 0 Å². The van der Waals surface area contributed by atoms with Crippen LogP contribution >= 0.6 is 11.3 Å². The quantitative estimate of drug-likeness (QED) is 0.845. The van der Waals surface area contributed by atoms with Gasteiger partial charge in [0.05, 0.1) is 25.9 Å². The summed E-state index contributed by atoms with van der Waals surface area (Å²) in [6.07, 6.45) is 1.72. The number of morpholine rings is 1. The van der Waals surface area contributed by atoms with E-state index >= 15 is 0 Å². The van der Waals surface area contributed by atoms with Gasteiger partial charge in [-0.2, -0.15) is 11.3 Å². The highest BCUT2D eigenvalue weighted by Crippen LogP contribution is 2.35. The van der Waals surface area contributed by atoms with Crippen LogP contribution in [0.2, 0.25) is 0 Å². The van der Waals surface area contributed by atoms with E-state index < -0.39 is 0 Å². The third-order valence-electron chi connectivity index (χ3n) is 5.42. The first-order chi connectivity index (χ1) is 10.9. The van der Waals surface area contributed by atoms with Crippen LogP contribution in [-0.2, 0) is 16.0 Å². The number of likely N-dealkylation sites (tertiary alicyclic amines) is 1. The summed E-state index contributed by atoms with van der Waals surface area (Å²) in [6.45, 7) is 9.50. The fourth-order valence-electron chi connectivity index (χ4n) is 4.11. The van der Waals surface area contributed by atoms with Crippen LogP contribution in [-0.4, -0.2) is 68.4 Å². The second-order valence-electron chi connectivity index (χ2n) is 6.86. The molecule has 4 nitrogen and oxygen atoms in total. The lowest BCUT2D eigenvalue weighted by molar-refractivity contribution is -0.00493. The van der Waals surface area contributed by atoms with E-state index in [2.05, 4.69) is 26.6 Å². The summed E-state index contributed by atoms with van der Waals surface area (Å²) in [5, 5.41) is 4.46. The molecule has 3 atom stereocenters. The summed E-state index contributed by atoms with van der Waals surface area (Å²) in [5.74, 6) is 1.50. The lowest BCUT2D eigenvalue weighted by Crippen LogP contribution is -2.47. The molecule has 0 bridgehead atoms. The van der Waals surface area contributed by atoms with Crippen LogP contribution in [0, 0.1) is 11.8 Å². The van der Waals surface area contributed by atoms with Crippen molar-refractivity contribution in [1.82, 2.24) is 9.80 Å². The van der Waals surface area contributed by atoms with E-state index in [-0.39, 0.29) is 0 Å². The van der Waals surface area contributed by atoms with Gasteiger partial charge >= 0.3 is 0 Å². The third-order valence-corrected chi connectivity index (χ3v) is 6.15. The van der Waals surface area contributed by atoms with Crippen molar-refractivity contribution in [1.29, 1.82) is 0 Å². The topological polar surface area (TPSA) is 24.9 Å². The van der Waals surface area contributed by atoms with Gasteiger partial charge < -0.3 is 9.47 Å². The summed E-state index contributed by atoms with van der Waals surface area (Å²) in [6, 6.07) is 2.26. The average molecular weight is 322 g/mol. The summed E-state index contributed by atoms with van der Waals surface area (Å²) < 4.78 is 11.6. The fourth-order valence-corrected chi connectivity index (χ4v) is 4.77. The van der Waals surface area contributed by atoms with Gasteiger partial charge in [0.1, 0.15) is 0 Å². The van der Waals surface area contributed by atoms with Gasteiger partial charge in [0.15, 0.2) is 0 Å². The molecule has 4 heterocycles. The Kier molecular flexibility index (Phi) is 4.78. The number of nitrogens with zero attached hydrogens (tertiary/aromatic N) is 2. The normalized spacial score (nSPS) is 33.9. The maximum atomic E-state index is 6.18. The molecule has 1 aromatic heterocycles. The maximum absolute atomic E-state index is 6.18. The second-order valence-corrected chi connectivity index (χ2v) is 7.64. The molecule has 3 fully saturated rings. The Morgan fingerprint density at radius 2 is 2.09 bits per heavy atom. The molecule has 5 heteroatoms. The van der Waals surface area contributed by atoms with Gasteiger partial charge in [-0.15, -0.1) is 0 Å². The van der Waals surface area contributed by atoms with E-state index in [1.807, 2.05) is 0 Å². The van der Waals surface area contributed by atoms with Crippen LogP contribution in [0.25, 0.3) is 0 Å². The molecular formula is C17H26N2O2S. The molecule has 122 valence electrons. The summed E-state index contributed by atoms with van der Waals surface area (Å²) in [7, 11) is 0. The molecule has 3 aliphatic rings. The Morgan fingerprint density at radius 3 is 2.91 bits per heavy atom. The van der Waals surface area contributed by atoms with Crippen molar-refractivity contribution in [2.75, 3.05) is 52.5 Å². The van der Waals surface area contributed by atoms with Crippen LogP contribution in [0.3, 0.4) is 0 Å². The summed E-state index contributed by atoms with van der Waals surface area (Å²) >= 11 is 1.80. The molecule has 0 N–H and O–H groups in total. The number of thiophene rings is 1. The molecule has 0 aromatic carbocycles. The smallest absolute Gasteiger partial charge is 0.0745 e. The molecule has 4 rings (SSSR count). The van der Waals surface area contributed by atoms with E-state index in [0.29, 0.717) is 6.10 Å². The van der Waals surface area contributed by atoms with Gasteiger partial charge in [-0.1, -0.05) is 0 Å². The van der Waals surface area contributed by atoms with Crippen LogP contribution in [0.4, 0.5) is 0 Å². The first kappa shape index (κ1) is 15.1. The van der Waals surface area contributed by atoms with E-state index in [0.717, 1.165) is 57.8 Å². The average Bonchev–Trinajstić information content (AvgIpc) is 3.19. The van der Waals surface area contributed by atoms with Gasteiger partial charge in [-0.05, 0) is 41.3 Å². The third kappa shape index (κ3) is 3.39. The molecule has 0 aliphatic carbocycles. The lowest BCUT2D eigenvalue weighted by atomic mass is 9.84. The maximum Gasteiger partial charge on any atom is 0.0745 e. The Hall–Kier alpha value is -0.460.